The van der Waals surface area contributed by atoms with Crippen molar-refractivity contribution in [3.8, 4) is 11.5 Å². The summed E-state index contributed by atoms with van der Waals surface area (Å²) in [5.74, 6) is -0.688. The third-order valence-electron chi connectivity index (χ3n) is 7.98. The molecule has 1 aliphatic rings. The molecule has 1 fully saturated rings. The van der Waals surface area contributed by atoms with Gasteiger partial charge in [0.15, 0.2) is 21.6 Å². The number of carbonyl (C=O) groups excluding carboxylic acids is 2. The van der Waals surface area contributed by atoms with Crippen molar-refractivity contribution >= 4 is 74.5 Å². The maximum absolute atomic E-state index is 13.9. The number of aliphatic hydroxyl groups excluding tert-OH is 1. The standard InChI is InChI=1S/C34H31Cl2N5O5S2/c1-5-6-14-46-24-12-10-20(15-25(24)45-4)28-26(29(42)27-19(3)40-13-7-8-18(2)31(40)37-27)30(43)32(44)41(28)33-38-39-34(48-33)47-17-21-9-11-22(35)16-23(21)36/h7-13,15-16,28,42H,5-6,14,17H2,1-4H3/b29-26+. The van der Waals surface area contributed by atoms with Gasteiger partial charge in [0, 0.05) is 22.0 Å². The van der Waals surface area contributed by atoms with Gasteiger partial charge in [-0.3, -0.25) is 14.5 Å². The Kier molecular flexibility index (Phi) is 9.98. The molecule has 1 unspecified atom stereocenters. The number of pyridine rings is 1. The van der Waals surface area contributed by atoms with Gasteiger partial charge in [0.25, 0.3) is 5.78 Å². The Morgan fingerprint density at radius 2 is 1.90 bits per heavy atom. The third-order valence-corrected chi connectivity index (χ3v) is 10.7. The minimum absolute atomic E-state index is 0.122. The number of Topliss-reactive ketones (excluding diaryl/α,β-unsaturated/α-hetero) is 1. The van der Waals surface area contributed by atoms with E-state index in [-0.39, 0.29) is 22.2 Å². The molecule has 1 amide bonds. The van der Waals surface area contributed by atoms with Crippen LogP contribution in [0.5, 0.6) is 11.5 Å². The van der Waals surface area contributed by atoms with Crippen LogP contribution >= 0.6 is 46.3 Å². The quantitative estimate of drug-likeness (QED) is 0.0359. The number of imidazole rings is 1. The SMILES string of the molecule is CCCCOc1ccc(C2/C(=C(\O)c3nc4c(C)cccn4c3C)C(=O)C(=O)N2c2nnc(SCc3ccc(Cl)cc3Cl)s2)cc1OC. The number of thioether (sulfide) groups is 1. The number of ether oxygens (including phenoxy) is 2. The van der Waals surface area contributed by atoms with Crippen molar-refractivity contribution in [2.45, 2.75) is 49.7 Å². The summed E-state index contributed by atoms with van der Waals surface area (Å²) in [6, 6.07) is 13.2. The molecule has 48 heavy (non-hydrogen) atoms. The molecule has 1 saturated heterocycles. The zero-order valence-electron chi connectivity index (χ0n) is 26.5. The number of aryl methyl sites for hydroxylation is 2. The number of benzene rings is 2. The minimum Gasteiger partial charge on any atom is -0.505 e. The summed E-state index contributed by atoms with van der Waals surface area (Å²) in [5.41, 5.74) is 3.57. The van der Waals surface area contributed by atoms with Gasteiger partial charge in [-0.05, 0) is 67.3 Å². The number of carbonyl (C=O) groups is 2. The van der Waals surface area contributed by atoms with Gasteiger partial charge in [0.05, 0.1) is 31.0 Å². The van der Waals surface area contributed by atoms with Crippen LogP contribution in [-0.4, -0.2) is 50.1 Å². The van der Waals surface area contributed by atoms with E-state index in [4.69, 9.17) is 32.7 Å². The summed E-state index contributed by atoms with van der Waals surface area (Å²) in [7, 11) is 1.52. The molecule has 3 aromatic heterocycles. The second kappa shape index (κ2) is 14.2. The van der Waals surface area contributed by atoms with Crippen molar-refractivity contribution in [1.29, 1.82) is 0 Å². The van der Waals surface area contributed by atoms with E-state index in [2.05, 4.69) is 22.1 Å². The zero-order valence-corrected chi connectivity index (χ0v) is 29.6. The lowest BCUT2D eigenvalue weighted by Gasteiger charge is -2.23. The molecule has 5 aromatic rings. The summed E-state index contributed by atoms with van der Waals surface area (Å²) >= 11 is 14.9. The van der Waals surface area contributed by atoms with Crippen LogP contribution in [0.1, 0.15) is 53.9 Å². The van der Waals surface area contributed by atoms with Crippen molar-refractivity contribution in [2.24, 2.45) is 0 Å². The first-order valence-corrected chi connectivity index (χ1v) is 17.6. The molecule has 0 spiro atoms. The van der Waals surface area contributed by atoms with E-state index in [1.54, 1.807) is 37.3 Å². The van der Waals surface area contributed by atoms with E-state index in [0.29, 0.717) is 55.1 Å². The van der Waals surface area contributed by atoms with Gasteiger partial charge in [-0.15, -0.1) is 10.2 Å². The van der Waals surface area contributed by atoms with Gasteiger partial charge in [0.1, 0.15) is 11.3 Å². The van der Waals surface area contributed by atoms with Gasteiger partial charge >= 0.3 is 5.91 Å². The molecule has 248 valence electrons. The minimum atomic E-state index is -1.06. The Balaban J connectivity index is 1.44. The summed E-state index contributed by atoms with van der Waals surface area (Å²) in [6.45, 7) is 6.28. The normalized spacial score (nSPS) is 15.9. The molecule has 1 N–H and O–H groups in total. The van der Waals surface area contributed by atoms with Crippen molar-refractivity contribution in [3.63, 3.8) is 0 Å². The molecule has 6 rings (SSSR count). The molecule has 0 saturated carbocycles. The van der Waals surface area contributed by atoms with Crippen LogP contribution in [0.15, 0.2) is 64.6 Å². The number of aliphatic hydroxyl groups is 1. The predicted molar refractivity (Wildman–Crippen MR) is 189 cm³/mol. The smallest absolute Gasteiger partial charge is 0.301 e. The predicted octanol–water partition coefficient (Wildman–Crippen LogP) is 8.22. The van der Waals surface area contributed by atoms with E-state index >= 15 is 0 Å². The Bertz CT molecular complexity index is 2080. The largest absolute Gasteiger partial charge is 0.505 e. The van der Waals surface area contributed by atoms with Crippen LogP contribution in [0.3, 0.4) is 0 Å². The van der Waals surface area contributed by atoms with Crippen molar-refractivity contribution in [2.75, 3.05) is 18.6 Å². The first-order valence-electron chi connectivity index (χ1n) is 15.1. The van der Waals surface area contributed by atoms with Gasteiger partial charge < -0.3 is 19.0 Å². The number of ketones is 1. The lowest BCUT2D eigenvalue weighted by molar-refractivity contribution is -0.132. The summed E-state index contributed by atoms with van der Waals surface area (Å²) in [4.78, 5) is 33.7. The number of aromatic nitrogens is 4. The third kappa shape index (κ3) is 6.37. The van der Waals surface area contributed by atoms with Crippen LogP contribution < -0.4 is 14.4 Å². The zero-order chi connectivity index (χ0) is 34.1. The molecule has 10 nitrogen and oxygen atoms in total. The lowest BCUT2D eigenvalue weighted by Crippen LogP contribution is -2.29. The number of hydrogen-bond acceptors (Lipinski definition) is 10. The fourth-order valence-corrected chi connectivity index (χ4v) is 7.88. The van der Waals surface area contributed by atoms with E-state index in [0.717, 1.165) is 35.3 Å². The van der Waals surface area contributed by atoms with Gasteiger partial charge in [-0.2, -0.15) is 0 Å². The highest BCUT2D eigenvalue weighted by molar-refractivity contribution is 8.00. The van der Waals surface area contributed by atoms with E-state index in [1.165, 1.54) is 23.8 Å². The Morgan fingerprint density at radius 3 is 2.62 bits per heavy atom. The molecule has 2 aromatic carbocycles. The number of nitrogens with zero attached hydrogens (tertiary/aromatic N) is 5. The second-order valence-electron chi connectivity index (χ2n) is 11.1. The van der Waals surface area contributed by atoms with Crippen molar-refractivity contribution in [3.05, 3.63) is 98.4 Å². The van der Waals surface area contributed by atoms with E-state index in [1.807, 2.05) is 35.7 Å². The van der Waals surface area contributed by atoms with Crippen LogP contribution in [0, 0.1) is 13.8 Å². The molecule has 0 bridgehead atoms. The van der Waals surface area contributed by atoms with Crippen LogP contribution in [-0.2, 0) is 15.3 Å². The van der Waals surface area contributed by atoms with Crippen molar-refractivity contribution in [1.82, 2.24) is 19.6 Å². The number of fused-ring (bicyclic) bond motifs is 1. The van der Waals surface area contributed by atoms with Gasteiger partial charge in [0.2, 0.25) is 5.13 Å². The van der Waals surface area contributed by atoms with Gasteiger partial charge in [-0.25, -0.2) is 4.98 Å². The summed E-state index contributed by atoms with van der Waals surface area (Å²) in [5, 5.41) is 21.7. The number of rotatable bonds is 11. The van der Waals surface area contributed by atoms with Crippen LogP contribution in [0.2, 0.25) is 10.0 Å². The maximum atomic E-state index is 13.9. The summed E-state index contributed by atoms with van der Waals surface area (Å²) < 4.78 is 14.0. The molecule has 4 heterocycles. The lowest BCUT2D eigenvalue weighted by atomic mass is 9.96. The van der Waals surface area contributed by atoms with E-state index < -0.39 is 17.7 Å². The molecule has 1 aliphatic heterocycles. The first-order chi connectivity index (χ1) is 23.1. The van der Waals surface area contributed by atoms with E-state index in [9.17, 15) is 14.7 Å². The Hall–Kier alpha value is -4.10. The van der Waals surface area contributed by atoms with Crippen molar-refractivity contribution < 1.29 is 24.2 Å². The number of hydrogen-bond donors (Lipinski definition) is 1. The highest BCUT2D eigenvalue weighted by Gasteiger charge is 2.49. The number of amides is 1. The molecule has 1 atom stereocenters. The molecule has 0 aliphatic carbocycles. The Morgan fingerprint density at radius 1 is 1.08 bits per heavy atom. The molecule has 0 radical (unpaired) electrons. The number of methoxy groups -OCH3 is 1. The molecular weight excluding hydrogens is 693 g/mol. The van der Waals surface area contributed by atoms with Gasteiger partial charge in [-0.1, -0.05) is 77.8 Å². The fraction of sp³-hybridized carbons (Fsp3) is 0.265. The van der Waals surface area contributed by atoms with Crippen LogP contribution in [0.25, 0.3) is 11.4 Å². The average Bonchev–Trinajstić information content (AvgIpc) is 3.75. The highest BCUT2D eigenvalue weighted by atomic mass is 35.5. The summed E-state index contributed by atoms with van der Waals surface area (Å²) in [6.07, 6.45) is 3.66. The average molecular weight is 725 g/mol. The number of anilines is 1. The fourth-order valence-electron chi connectivity index (χ4n) is 5.46. The Labute approximate surface area is 295 Å². The topological polar surface area (TPSA) is 119 Å². The molecular formula is C34H31Cl2N5O5S2. The monoisotopic (exact) mass is 723 g/mol. The number of halogens is 2. The second-order valence-corrected chi connectivity index (χ2v) is 14.1. The van der Waals surface area contributed by atoms with Crippen LogP contribution in [0.4, 0.5) is 5.13 Å². The first kappa shape index (κ1) is 33.8. The number of unbranched alkanes of at least 4 members (excludes halogenated alkanes) is 1. The maximum Gasteiger partial charge on any atom is 0.301 e. The highest BCUT2D eigenvalue weighted by Crippen LogP contribution is 2.46. The molecule has 14 heteroatoms.